The van der Waals surface area contributed by atoms with Gasteiger partial charge in [-0.15, -0.1) is 0 Å². The van der Waals surface area contributed by atoms with Gasteiger partial charge in [-0.25, -0.2) is 0 Å². The number of nitrogens with one attached hydrogen (secondary N) is 1. The molecule has 1 aromatic heterocycles. The fraction of sp³-hybridized carbons (Fsp3) is 0.214. The van der Waals surface area contributed by atoms with Crippen LogP contribution in [0.4, 0.5) is 0 Å². The molecule has 19 heavy (non-hydrogen) atoms. The Kier molecular flexibility index (Phi) is 4.24. The van der Waals surface area contributed by atoms with E-state index < -0.39 is 12.0 Å². The lowest BCUT2D eigenvalue weighted by atomic mass is 10.2. The van der Waals surface area contributed by atoms with Crippen LogP contribution < -0.4 is 5.32 Å². The molecule has 1 atom stereocenters. The number of carboxylic acids is 1. The van der Waals surface area contributed by atoms with Gasteiger partial charge in [0.15, 0.2) is 0 Å². The van der Waals surface area contributed by atoms with E-state index in [0.717, 1.165) is 5.56 Å². The summed E-state index contributed by atoms with van der Waals surface area (Å²) < 4.78 is 5.64. The molecule has 0 saturated carbocycles. The van der Waals surface area contributed by atoms with Gasteiger partial charge in [0.05, 0.1) is 11.6 Å². The van der Waals surface area contributed by atoms with Crippen LogP contribution in [-0.2, 0) is 11.3 Å². The summed E-state index contributed by atoms with van der Waals surface area (Å²) in [6.45, 7) is 1.94. The third-order valence-corrected chi connectivity index (χ3v) is 3.08. The molecule has 0 fully saturated rings. The van der Waals surface area contributed by atoms with Crippen LogP contribution in [0, 0.1) is 0 Å². The lowest BCUT2D eigenvalue weighted by Crippen LogP contribution is -2.32. The zero-order chi connectivity index (χ0) is 13.8. The average Bonchev–Trinajstić information content (AvgIpc) is 2.85. The lowest BCUT2D eigenvalue weighted by Gasteiger charge is -2.06. The van der Waals surface area contributed by atoms with Gasteiger partial charge in [0.25, 0.3) is 0 Å². The number of aliphatic carboxylic acids is 1. The maximum atomic E-state index is 10.7. The van der Waals surface area contributed by atoms with Crippen LogP contribution in [0.5, 0.6) is 0 Å². The molecule has 2 aromatic rings. The molecule has 1 aromatic carbocycles. The first-order valence-corrected chi connectivity index (χ1v) is 6.25. The Morgan fingerprint density at radius 2 is 2.11 bits per heavy atom. The molecule has 0 unspecified atom stereocenters. The Morgan fingerprint density at radius 1 is 1.37 bits per heavy atom. The van der Waals surface area contributed by atoms with Gasteiger partial charge in [0, 0.05) is 5.56 Å². The topological polar surface area (TPSA) is 62.5 Å². The number of benzene rings is 1. The molecule has 0 aliphatic rings. The number of hydrogen-bond donors (Lipinski definition) is 2. The van der Waals surface area contributed by atoms with E-state index in [4.69, 9.17) is 21.1 Å². The first kappa shape index (κ1) is 13.6. The minimum absolute atomic E-state index is 0.359. The van der Waals surface area contributed by atoms with Gasteiger partial charge in [-0.1, -0.05) is 23.7 Å². The Balaban J connectivity index is 2.08. The monoisotopic (exact) mass is 279 g/mol. The highest BCUT2D eigenvalue weighted by Gasteiger charge is 2.12. The van der Waals surface area contributed by atoms with E-state index in [1.165, 1.54) is 0 Å². The molecule has 2 rings (SSSR count). The van der Waals surface area contributed by atoms with Crippen molar-refractivity contribution in [2.75, 3.05) is 0 Å². The van der Waals surface area contributed by atoms with Crippen molar-refractivity contribution < 1.29 is 14.3 Å². The van der Waals surface area contributed by atoms with E-state index >= 15 is 0 Å². The number of furan rings is 1. The maximum absolute atomic E-state index is 10.7. The van der Waals surface area contributed by atoms with Crippen LogP contribution in [0.2, 0.25) is 5.02 Å². The van der Waals surface area contributed by atoms with Crippen molar-refractivity contribution in [2.24, 2.45) is 0 Å². The Hall–Kier alpha value is -1.78. The van der Waals surface area contributed by atoms with Gasteiger partial charge in [-0.05, 0) is 31.2 Å². The quantitative estimate of drug-likeness (QED) is 0.882. The minimum atomic E-state index is -0.891. The molecule has 0 aliphatic carbocycles. The molecule has 0 amide bonds. The van der Waals surface area contributed by atoms with E-state index in [1.54, 1.807) is 19.1 Å². The van der Waals surface area contributed by atoms with Crippen molar-refractivity contribution in [3.63, 3.8) is 0 Å². The summed E-state index contributed by atoms with van der Waals surface area (Å²) in [7, 11) is 0. The van der Waals surface area contributed by atoms with Crippen molar-refractivity contribution in [3.05, 3.63) is 47.2 Å². The Bertz CT molecular complexity index is 580. The van der Waals surface area contributed by atoms with Gasteiger partial charge >= 0.3 is 5.97 Å². The number of carbonyl (C=O) groups is 1. The van der Waals surface area contributed by atoms with Gasteiger partial charge in [0.2, 0.25) is 0 Å². The van der Waals surface area contributed by atoms with Crippen LogP contribution in [0.15, 0.2) is 40.8 Å². The molecule has 0 radical (unpaired) electrons. The van der Waals surface area contributed by atoms with Gasteiger partial charge in [-0.2, -0.15) is 0 Å². The second kappa shape index (κ2) is 5.91. The average molecular weight is 280 g/mol. The highest BCUT2D eigenvalue weighted by Crippen LogP contribution is 2.28. The van der Waals surface area contributed by atoms with E-state index in [-0.39, 0.29) is 0 Å². The highest BCUT2D eigenvalue weighted by molar-refractivity contribution is 6.33. The first-order valence-electron chi connectivity index (χ1n) is 5.87. The van der Waals surface area contributed by atoms with Crippen molar-refractivity contribution in [3.8, 4) is 11.3 Å². The normalized spacial score (nSPS) is 12.3. The predicted octanol–water partition coefficient (Wildman–Crippen LogP) is 3.16. The molecule has 0 bridgehead atoms. The number of carboxylic acid groups (broad SMARTS) is 1. The highest BCUT2D eigenvalue weighted by atomic mass is 35.5. The van der Waals surface area contributed by atoms with Crippen molar-refractivity contribution in [1.82, 2.24) is 5.32 Å². The first-order chi connectivity index (χ1) is 9.08. The van der Waals surface area contributed by atoms with Gasteiger partial charge < -0.3 is 9.52 Å². The van der Waals surface area contributed by atoms with Gasteiger partial charge in [-0.3, -0.25) is 10.1 Å². The molecular weight excluding hydrogens is 266 g/mol. The summed E-state index contributed by atoms with van der Waals surface area (Å²) in [4.78, 5) is 10.7. The predicted molar refractivity (Wildman–Crippen MR) is 73.1 cm³/mol. The van der Waals surface area contributed by atoms with Crippen LogP contribution in [-0.4, -0.2) is 17.1 Å². The summed E-state index contributed by atoms with van der Waals surface area (Å²) in [5.41, 5.74) is 0.821. The molecule has 5 heteroatoms. The van der Waals surface area contributed by atoms with Gasteiger partial charge in [0.1, 0.15) is 17.6 Å². The zero-order valence-electron chi connectivity index (χ0n) is 10.4. The van der Waals surface area contributed by atoms with Crippen molar-refractivity contribution >= 4 is 17.6 Å². The molecule has 0 saturated heterocycles. The van der Waals surface area contributed by atoms with E-state index in [0.29, 0.717) is 23.1 Å². The second-order valence-electron chi connectivity index (χ2n) is 4.19. The molecule has 100 valence electrons. The molecule has 2 N–H and O–H groups in total. The molecule has 1 heterocycles. The summed E-state index contributed by atoms with van der Waals surface area (Å²) >= 11 is 6.08. The van der Waals surface area contributed by atoms with Crippen molar-refractivity contribution in [1.29, 1.82) is 0 Å². The number of rotatable bonds is 5. The summed E-state index contributed by atoms with van der Waals surface area (Å²) in [5.74, 6) is 0.450. The Labute approximate surface area is 116 Å². The largest absolute Gasteiger partial charge is 0.480 e. The lowest BCUT2D eigenvalue weighted by molar-refractivity contribution is -0.139. The standard InChI is InChI=1S/C14H14ClNO3/c1-9(14(17)18)16-8-10-6-7-13(19-10)11-4-2-3-5-12(11)15/h2-7,9,16H,8H2,1H3,(H,17,18)/t9-/m0/s1. The molecule has 0 aliphatic heterocycles. The smallest absolute Gasteiger partial charge is 0.320 e. The van der Waals surface area contributed by atoms with Crippen LogP contribution in [0.25, 0.3) is 11.3 Å². The Morgan fingerprint density at radius 3 is 2.79 bits per heavy atom. The number of halogens is 1. The molecule has 0 spiro atoms. The molecule has 4 nitrogen and oxygen atoms in total. The number of hydrogen-bond acceptors (Lipinski definition) is 3. The second-order valence-corrected chi connectivity index (χ2v) is 4.59. The summed E-state index contributed by atoms with van der Waals surface area (Å²) in [5, 5.41) is 12.2. The zero-order valence-corrected chi connectivity index (χ0v) is 11.1. The van der Waals surface area contributed by atoms with Crippen LogP contribution in [0.3, 0.4) is 0 Å². The summed E-state index contributed by atoms with van der Waals surface area (Å²) in [6, 6.07) is 10.4. The third-order valence-electron chi connectivity index (χ3n) is 2.75. The van der Waals surface area contributed by atoms with E-state index in [1.807, 2.05) is 24.3 Å². The maximum Gasteiger partial charge on any atom is 0.320 e. The fourth-order valence-electron chi connectivity index (χ4n) is 1.62. The fourth-order valence-corrected chi connectivity index (χ4v) is 1.85. The minimum Gasteiger partial charge on any atom is -0.480 e. The summed E-state index contributed by atoms with van der Waals surface area (Å²) in [6.07, 6.45) is 0. The van der Waals surface area contributed by atoms with E-state index in [2.05, 4.69) is 5.32 Å². The van der Waals surface area contributed by atoms with Crippen LogP contribution >= 0.6 is 11.6 Å². The van der Waals surface area contributed by atoms with E-state index in [9.17, 15) is 4.79 Å². The molecular formula is C14H14ClNO3. The SMILES string of the molecule is C[C@H](NCc1ccc(-c2ccccc2Cl)o1)C(=O)O. The van der Waals surface area contributed by atoms with Crippen LogP contribution in [0.1, 0.15) is 12.7 Å². The third kappa shape index (κ3) is 3.36. The van der Waals surface area contributed by atoms with Crippen molar-refractivity contribution in [2.45, 2.75) is 19.5 Å².